The molecule has 1 N–H and O–H groups in total. The van der Waals surface area contributed by atoms with Crippen LogP contribution in [0.3, 0.4) is 0 Å². The van der Waals surface area contributed by atoms with E-state index < -0.39 is 10.7 Å². The van der Waals surface area contributed by atoms with E-state index in [4.69, 9.17) is 12.2 Å². The zero-order chi connectivity index (χ0) is 17.0. The van der Waals surface area contributed by atoms with Crippen LogP contribution in [0.25, 0.3) is 0 Å². The summed E-state index contributed by atoms with van der Waals surface area (Å²) in [6, 6.07) is 9.84. The zero-order valence-corrected chi connectivity index (χ0v) is 14.7. The molecule has 6 heteroatoms. The molecule has 0 aromatic heterocycles. The minimum absolute atomic E-state index is 0.105. The van der Waals surface area contributed by atoms with Crippen LogP contribution in [0.5, 0.6) is 0 Å². The van der Waals surface area contributed by atoms with Gasteiger partial charge in [-0.1, -0.05) is 30.4 Å². The Morgan fingerprint density at radius 3 is 2.57 bits per heavy atom. The van der Waals surface area contributed by atoms with Crippen LogP contribution >= 0.6 is 24.0 Å². The molecule has 120 valence electrons. The molecule has 1 saturated heterocycles. The summed E-state index contributed by atoms with van der Waals surface area (Å²) in [5.41, 5.74) is 0.105. The standard InChI is InChI=1S/C17H18N2O2S2/c1-4-10-19-15(21)13(14(20)18-16(19)22)11-17(2,3)23-12-8-6-5-7-9-12/h4-9,11H,1,10H2,2-3H3,(H,18,20,22). The highest BCUT2D eigenvalue weighted by Crippen LogP contribution is 2.34. The van der Waals surface area contributed by atoms with Gasteiger partial charge in [-0.3, -0.25) is 19.8 Å². The number of nitrogens with zero attached hydrogens (tertiary/aromatic N) is 1. The number of thiocarbonyl (C=S) groups is 1. The molecule has 0 spiro atoms. The van der Waals surface area contributed by atoms with Crippen LogP contribution in [0.15, 0.2) is 59.5 Å². The van der Waals surface area contributed by atoms with Gasteiger partial charge in [0.2, 0.25) is 0 Å². The lowest BCUT2D eigenvalue weighted by Gasteiger charge is -2.29. The van der Waals surface area contributed by atoms with Crippen molar-refractivity contribution >= 4 is 40.9 Å². The second kappa shape index (κ2) is 7.10. The van der Waals surface area contributed by atoms with Crippen LogP contribution in [0.4, 0.5) is 0 Å². The van der Waals surface area contributed by atoms with Crippen LogP contribution in [0, 0.1) is 0 Å². The average molecular weight is 346 g/mol. The van der Waals surface area contributed by atoms with Crippen LogP contribution in [-0.2, 0) is 9.59 Å². The molecule has 0 aliphatic carbocycles. The second-order valence-corrected chi connectivity index (χ2v) is 7.65. The molecule has 1 heterocycles. The summed E-state index contributed by atoms with van der Waals surface area (Å²) in [6.07, 6.45) is 3.27. The van der Waals surface area contributed by atoms with Crippen LogP contribution in [0.2, 0.25) is 0 Å². The van der Waals surface area contributed by atoms with E-state index >= 15 is 0 Å². The molecule has 4 nitrogen and oxygen atoms in total. The van der Waals surface area contributed by atoms with Gasteiger partial charge in [0, 0.05) is 16.2 Å². The predicted octanol–water partition coefficient (Wildman–Crippen LogP) is 2.91. The van der Waals surface area contributed by atoms with Gasteiger partial charge in [-0.15, -0.1) is 18.3 Å². The Morgan fingerprint density at radius 1 is 1.30 bits per heavy atom. The van der Waals surface area contributed by atoms with Crippen molar-refractivity contribution in [3.8, 4) is 0 Å². The Hall–Kier alpha value is -1.92. The molecular formula is C17H18N2O2S2. The molecule has 2 amide bonds. The molecule has 23 heavy (non-hydrogen) atoms. The first-order valence-corrected chi connectivity index (χ1v) is 8.31. The van der Waals surface area contributed by atoms with E-state index in [-0.39, 0.29) is 23.1 Å². The highest BCUT2D eigenvalue weighted by Gasteiger charge is 2.34. The molecule has 0 saturated carbocycles. The lowest BCUT2D eigenvalue weighted by Crippen LogP contribution is -2.54. The second-order valence-electron chi connectivity index (χ2n) is 5.54. The minimum Gasteiger partial charge on any atom is -0.298 e. The van der Waals surface area contributed by atoms with Crippen LogP contribution < -0.4 is 5.32 Å². The van der Waals surface area contributed by atoms with E-state index in [9.17, 15) is 9.59 Å². The van der Waals surface area contributed by atoms with E-state index in [0.29, 0.717) is 0 Å². The molecule has 1 aliphatic rings. The fourth-order valence-electron chi connectivity index (χ4n) is 2.16. The van der Waals surface area contributed by atoms with E-state index in [1.807, 2.05) is 44.2 Å². The smallest absolute Gasteiger partial charge is 0.265 e. The highest BCUT2D eigenvalue weighted by molar-refractivity contribution is 8.00. The fraction of sp³-hybridized carbons (Fsp3) is 0.235. The average Bonchev–Trinajstić information content (AvgIpc) is 2.48. The van der Waals surface area contributed by atoms with Crippen molar-refractivity contribution in [2.45, 2.75) is 23.5 Å². The number of carbonyl (C=O) groups excluding carboxylic acids is 2. The minimum atomic E-state index is -0.456. The summed E-state index contributed by atoms with van der Waals surface area (Å²) >= 11 is 6.62. The normalized spacial score (nSPS) is 17.4. The van der Waals surface area contributed by atoms with Crippen molar-refractivity contribution in [3.05, 3.63) is 54.6 Å². The molecule has 1 aromatic rings. The van der Waals surface area contributed by atoms with Crippen molar-refractivity contribution in [3.63, 3.8) is 0 Å². The van der Waals surface area contributed by atoms with Gasteiger partial charge < -0.3 is 0 Å². The van der Waals surface area contributed by atoms with Gasteiger partial charge in [0.1, 0.15) is 5.57 Å². The Labute approximate surface area is 145 Å². The summed E-state index contributed by atoms with van der Waals surface area (Å²) in [6.45, 7) is 7.80. The number of carbonyl (C=O) groups is 2. The third-order valence-corrected chi connectivity index (χ3v) is 4.59. The van der Waals surface area contributed by atoms with Gasteiger partial charge in [-0.25, -0.2) is 0 Å². The van der Waals surface area contributed by atoms with Crippen molar-refractivity contribution in [1.82, 2.24) is 10.2 Å². The third kappa shape index (κ3) is 4.30. The number of benzene rings is 1. The van der Waals surface area contributed by atoms with E-state index in [0.717, 1.165) is 4.90 Å². The quantitative estimate of drug-likeness (QED) is 0.293. The highest BCUT2D eigenvalue weighted by atomic mass is 32.2. The van der Waals surface area contributed by atoms with Crippen molar-refractivity contribution in [2.24, 2.45) is 0 Å². The molecule has 1 aliphatic heterocycles. The molecular weight excluding hydrogens is 328 g/mol. The molecule has 1 fully saturated rings. The summed E-state index contributed by atoms with van der Waals surface area (Å²) in [5, 5.41) is 2.67. The first-order chi connectivity index (χ1) is 10.8. The molecule has 1 aromatic carbocycles. The maximum absolute atomic E-state index is 12.5. The lowest BCUT2D eigenvalue weighted by molar-refractivity contribution is -0.128. The molecule has 0 atom stereocenters. The molecule has 0 unspecified atom stereocenters. The molecule has 0 radical (unpaired) electrons. The third-order valence-electron chi connectivity index (χ3n) is 3.11. The van der Waals surface area contributed by atoms with Gasteiger partial charge >= 0.3 is 0 Å². The predicted molar refractivity (Wildman–Crippen MR) is 97.1 cm³/mol. The van der Waals surface area contributed by atoms with Gasteiger partial charge in [-0.2, -0.15) is 0 Å². The number of hydrogen-bond donors (Lipinski definition) is 1. The van der Waals surface area contributed by atoms with Gasteiger partial charge in [0.05, 0.1) is 0 Å². The van der Waals surface area contributed by atoms with E-state index in [1.165, 1.54) is 4.90 Å². The van der Waals surface area contributed by atoms with Gasteiger partial charge in [0.15, 0.2) is 5.11 Å². The number of hydrogen-bond acceptors (Lipinski definition) is 4. The summed E-state index contributed by atoms with van der Waals surface area (Å²) in [4.78, 5) is 27.1. The van der Waals surface area contributed by atoms with Crippen molar-refractivity contribution < 1.29 is 9.59 Å². The lowest BCUT2D eigenvalue weighted by atomic mass is 10.1. The Balaban J connectivity index is 2.28. The summed E-state index contributed by atoms with van der Waals surface area (Å²) in [7, 11) is 0. The first kappa shape index (κ1) is 17.4. The number of nitrogens with one attached hydrogen (secondary N) is 1. The molecule has 0 bridgehead atoms. The van der Waals surface area contributed by atoms with Gasteiger partial charge in [-0.05, 0) is 38.2 Å². The Bertz CT molecular complexity index is 681. The SMILES string of the molecule is C=CCN1C(=O)C(=CC(C)(C)Sc2ccccc2)C(=O)NC1=S. The molecule has 2 rings (SSSR count). The topological polar surface area (TPSA) is 49.4 Å². The van der Waals surface area contributed by atoms with E-state index in [1.54, 1.807) is 23.9 Å². The van der Waals surface area contributed by atoms with Crippen LogP contribution in [0.1, 0.15) is 13.8 Å². The van der Waals surface area contributed by atoms with Crippen LogP contribution in [-0.4, -0.2) is 33.1 Å². The Morgan fingerprint density at radius 2 is 1.96 bits per heavy atom. The van der Waals surface area contributed by atoms with Gasteiger partial charge in [0.25, 0.3) is 11.8 Å². The Kier molecular flexibility index (Phi) is 5.38. The van der Waals surface area contributed by atoms with Crippen molar-refractivity contribution in [1.29, 1.82) is 0 Å². The largest absolute Gasteiger partial charge is 0.298 e. The van der Waals surface area contributed by atoms with Crippen molar-refractivity contribution in [2.75, 3.05) is 6.54 Å². The first-order valence-electron chi connectivity index (χ1n) is 7.09. The maximum Gasteiger partial charge on any atom is 0.265 e. The summed E-state index contributed by atoms with van der Waals surface area (Å²) in [5.74, 6) is -0.845. The summed E-state index contributed by atoms with van der Waals surface area (Å²) < 4.78 is -0.428. The monoisotopic (exact) mass is 346 g/mol. The number of amides is 2. The number of thioether (sulfide) groups is 1. The van der Waals surface area contributed by atoms with E-state index in [2.05, 4.69) is 11.9 Å². The zero-order valence-electron chi connectivity index (χ0n) is 13.0. The number of rotatable bonds is 5. The maximum atomic E-state index is 12.5. The fourth-order valence-corrected chi connectivity index (χ4v) is 3.49.